The topological polar surface area (TPSA) is 66.3 Å². The van der Waals surface area contributed by atoms with E-state index in [2.05, 4.69) is 52.3 Å². The summed E-state index contributed by atoms with van der Waals surface area (Å²) in [7, 11) is 0. The Morgan fingerprint density at radius 2 is 2.11 bits per heavy atom. The molecule has 1 saturated heterocycles. The molecule has 1 N–H and O–H groups in total. The van der Waals surface area contributed by atoms with Gasteiger partial charge in [-0.05, 0) is 49.4 Å². The number of hydrogen-bond donors (Lipinski definition) is 1. The Balaban J connectivity index is 1.87. The molecule has 1 atom stereocenters. The predicted molar refractivity (Wildman–Crippen MR) is 110 cm³/mol. The van der Waals surface area contributed by atoms with Gasteiger partial charge in [-0.2, -0.15) is 4.98 Å². The molecule has 1 aliphatic heterocycles. The molecule has 0 spiro atoms. The lowest BCUT2D eigenvalue weighted by molar-refractivity contribution is -0.141. The van der Waals surface area contributed by atoms with Crippen LogP contribution in [0.1, 0.15) is 24.0 Å². The van der Waals surface area contributed by atoms with Crippen LogP contribution in [-0.4, -0.2) is 34.1 Å². The number of piperidine rings is 1. The van der Waals surface area contributed by atoms with E-state index in [1.165, 1.54) is 11.1 Å². The zero-order valence-corrected chi connectivity index (χ0v) is 16.8. The van der Waals surface area contributed by atoms with Crippen LogP contribution in [0.4, 0.5) is 5.82 Å². The van der Waals surface area contributed by atoms with Gasteiger partial charge in [0.05, 0.1) is 11.3 Å². The Morgan fingerprint density at radius 1 is 1.30 bits per heavy atom. The van der Waals surface area contributed by atoms with Crippen LogP contribution < -0.4 is 4.90 Å². The van der Waals surface area contributed by atoms with Gasteiger partial charge in [0.2, 0.25) is 5.28 Å². The molecule has 4 rings (SSSR count). The highest BCUT2D eigenvalue weighted by Gasteiger charge is 2.28. The summed E-state index contributed by atoms with van der Waals surface area (Å²) < 4.78 is 0. The summed E-state index contributed by atoms with van der Waals surface area (Å²) in [4.78, 5) is 23.3. The molecule has 0 saturated carbocycles. The van der Waals surface area contributed by atoms with Crippen LogP contribution in [0, 0.1) is 19.8 Å². The number of hydrogen-bond acceptors (Lipinski definition) is 5. The normalized spacial score (nSPS) is 17.4. The van der Waals surface area contributed by atoms with Crippen LogP contribution in [-0.2, 0) is 4.79 Å². The van der Waals surface area contributed by atoms with E-state index in [0.717, 1.165) is 40.1 Å². The summed E-state index contributed by atoms with van der Waals surface area (Å²) in [6.07, 6.45) is 1.52. The van der Waals surface area contributed by atoms with Crippen molar-refractivity contribution in [3.05, 3.63) is 40.0 Å². The maximum absolute atomic E-state index is 11.5. The van der Waals surface area contributed by atoms with Gasteiger partial charge >= 0.3 is 5.97 Å². The van der Waals surface area contributed by atoms with Crippen molar-refractivity contribution < 1.29 is 9.90 Å². The molecule has 3 heterocycles. The molecule has 0 bridgehead atoms. The molecule has 1 aromatic carbocycles. The minimum absolute atomic E-state index is 0.198. The van der Waals surface area contributed by atoms with Gasteiger partial charge in [0, 0.05) is 24.0 Å². The third-order valence-electron chi connectivity index (χ3n) is 5.13. The Bertz CT molecular complexity index is 1030. The molecule has 140 valence electrons. The van der Waals surface area contributed by atoms with Gasteiger partial charge in [-0.15, -0.1) is 11.3 Å². The molecule has 0 amide bonds. The molecule has 2 aromatic heterocycles. The number of halogens is 1. The first kappa shape index (κ1) is 18.2. The van der Waals surface area contributed by atoms with Gasteiger partial charge in [0.15, 0.2) is 0 Å². The lowest BCUT2D eigenvalue weighted by atomic mass is 9.96. The van der Waals surface area contributed by atoms with Gasteiger partial charge in [-0.3, -0.25) is 4.79 Å². The second kappa shape index (κ2) is 7.09. The van der Waals surface area contributed by atoms with E-state index >= 15 is 0 Å². The summed E-state index contributed by atoms with van der Waals surface area (Å²) in [5.41, 5.74) is 4.63. The summed E-state index contributed by atoms with van der Waals surface area (Å²) in [5, 5.41) is 12.7. The quantitative estimate of drug-likeness (QED) is 0.630. The van der Waals surface area contributed by atoms with E-state index in [1.807, 2.05) is 0 Å². The van der Waals surface area contributed by atoms with Crippen LogP contribution in [0.25, 0.3) is 21.3 Å². The highest BCUT2D eigenvalue weighted by molar-refractivity contribution is 7.17. The van der Waals surface area contributed by atoms with Crippen molar-refractivity contribution in [2.24, 2.45) is 5.92 Å². The standard InChI is InChI=1S/C20H20ClN3O2S/c1-11-5-6-14(12(2)8-11)15-10-27-18-16(15)17(22-20(21)23-18)24-7-3-4-13(9-24)19(25)26/h5-6,8,10,13H,3-4,7,9H2,1-2H3,(H,25,26). The maximum atomic E-state index is 11.5. The molecule has 27 heavy (non-hydrogen) atoms. The Hall–Kier alpha value is -2.18. The SMILES string of the molecule is Cc1ccc(-c2csc3nc(Cl)nc(N4CCCC(C(=O)O)C4)c23)c(C)c1. The van der Waals surface area contributed by atoms with Gasteiger partial charge in [-0.1, -0.05) is 23.8 Å². The summed E-state index contributed by atoms with van der Waals surface area (Å²) in [6, 6.07) is 6.39. The van der Waals surface area contributed by atoms with Crippen LogP contribution in [0.2, 0.25) is 5.28 Å². The number of carbonyl (C=O) groups is 1. The van der Waals surface area contributed by atoms with Crippen LogP contribution in [0.3, 0.4) is 0 Å². The molecular formula is C20H20ClN3O2S. The van der Waals surface area contributed by atoms with E-state index in [4.69, 9.17) is 11.6 Å². The highest BCUT2D eigenvalue weighted by Crippen LogP contribution is 2.41. The van der Waals surface area contributed by atoms with Gasteiger partial charge in [0.1, 0.15) is 10.6 Å². The van der Waals surface area contributed by atoms with Crippen molar-refractivity contribution in [3.63, 3.8) is 0 Å². The summed E-state index contributed by atoms with van der Waals surface area (Å²) in [6.45, 7) is 5.40. The van der Waals surface area contributed by atoms with Crippen molar-refractivity contribution in [2.45, 2.75) is 26.7 Å². The van der Waals surface area contributed by atoms with Crippen LogP contribution in [0.5, 0.6) is 0 Å². The second-order valence-corrected chi connectivity index (χ2v) is 8.28. The van der Waals surface area contributed by atoms with Crippen molar-refractivity contribution in [3.8, 4) is 11.1 Å². The van der Waals surface area contributed by atoms with Gasteiger partial charge in [0.25, 0.3) is 0 Å². The van der Waals surface area contributed by atoms with E-state index in [9.17, 15) is 9.90 Å². The smallest absolute Gasteiger partial charge is 0.308 e. The molecule has 1 aliphatic rings. The van der Waals surface area contributed by atoms with Crippen molar-refractivity contribution >= 4 is 44.9 Å². The number of fused-ring (bicyclic) bond motifs is 1. The number of thiophene rings is 1. The fourth-order valence-electron chi connectivity index (χ4n) is 3.81. The Morgan fingerprint density at radius 3 is 2.85 bits per heavy atom. The number of carboxylic acid groups (broad SMARTS) is 1. The number of carboxylic acids is 1. The molecule has 5 nitrogen and oxygen atoms in total. The molecule has 1 fully saturated rings. The molecule has 3 aromatic rings. The first-order valence-electron chi connectivity index (χ1n) is 8.94. The van der Waals surface area contributed by atoms with E-state index in [1.54, 1.807) is 11.3 Å². The van der Waals surface area contributed by atoms with E-state index < -0.39 is 5.97 Å². The average molecular weight is 402 g/mol. The zero-order chi connectivity index (χ0) is 19.1. The van der Waals surface area contributed by atoms with E-state index in [-0.39, 0.29) is 11.2 Å². The average Bonchev–Trinajstić information content (AvgIpc) is 3.04. The molecule has 0 radical (unpaired) electrons. The number of aliphatic carboxylic acids is 1. The first-order chi connectivity index (χ1) is 12.9. The zero-order valence-electron chi connectivity index (χ0n) is 15.2. The number of rotatable bonds is 3. The summed E-state index contributed by atoms with van der Waals surface area (Å²) >= 11 is 7.73. The molecular weight excluding hydrogens is 382 g/mol. The lowest BCUT2D eigenvalue weighted by Crippen LogP contribution is -2.39. The fourth-order valence-corrected chi connectivity index (χ4v) is 4.96. The van der Waals surface area contributed by atoms with Gasteiger partial charge in [-0.25, -0.2) is 4.98 Å². The maximum Gasteiger partial charge on any atom is 0.308 e. The minimum atomic E-state index is -0.754. The first-order valence-corrected chi connectivity index (χ1v) is 10.2. The molecule has 7 heteroatoms. The lowest BCUT2D eigenvalue weighted by Gasteiger charge is -2.32. The van der Waals surface area contributed by atoms with Crippen molar-refractivity contribution in [2.75, 3.05) is 18.0 Å². The fraction of sp³-hybridized carbons (Fsp3) is 0.350. The third-order valence-corrected chi connectivity index (χ3v) is 6.17. The monoisotopic (exact) mass is 401 g/mol. The minimum Gasteiger partial charge on any atom is -0.481 e. The van der Waals surface area contributed by atoms with Crippen LogP contribution in [0.15, 0.2) is 23.6 Å². The largest absolute Gasteiger partial charge is 0.481 e. The molecule has 0 aliphatic carbocycles. The number of aromatic nitrogens is 2. The summed E-state index contributed by atoms with van der Waals surface area (Å²) in [5.74, 6) is -0.395. The number of nitrogens with zero attached hydrogens (tertiary/aromatic N) is 3. The predicted octanol–water partition coefficient (Wildman–Crippen LogP) is 4.93. The number of benzene rings is 1. The number of anilines is 1. The Labute approximate surface area is 166 Å². The second-order valence-electron chi connectivity index (χ2n) is 7.09. The Kier molecular flexibility index (Phi) is 4.78. The number of aryl methyl sites for hydroxylation is 2. The third kappa shape index (κ3) is 3.39. The van der Waals surface area contributed by atoms with Crippen molar-refractivity contribution in [1.29, 1.82) is 0 Å². The van der Waals surface area contributed by atoms with E-state index in [0.29, 0.717) is 13.0 Å². The highest BCUT2D eigenvalue weighted by atomic mass is 35.5. The van der Waals surface area contributed by atoms with Crippen LogP contribution >= 0.6 is 22.9 Å². The molecule has 1 unspecified atom stereocenters. The van der Waals surface area contributed by atoms with Crippen molar-refractivity contribution in [1.82, 2.24) is 9.97 Å². The van der Waals surface area contributed by atoms with Gasteiger partial charge < -0.3 is 10.0 Å².